The van der Waals surface area contributed by atoms with Gasteiger partial charge in [0.25, 0.3) is 5.91 Å². The number of likely N-dealkylation sites (N-methyl/N-ethyl adjacent to an activating group) is 1. The molecule has 0 spiro atoms. The lowest BCUT2D eigenvalue weighted by atomic mass is 9.95. The Labute approximate surface area is 166 Å². The van der Waals surface area contributed by atoms with Crippen molar-refractivity contribution in [3.05, 3.63) is 40.3 Å². The van der Waals surface area contributed by atoms with Crippen LogP contribution in [-0.2, 0) is 25.8 Å². The van der Waals surface area contributed by atoms with Crippen molar-refractivity contribution in [1.82, 2.24) is 24.9 Å². The van der Waals surface area contributed by atoms with Crippen LogP contribution >= 0.6 is 0 Å². The topological polar surface area (TPSA) is 75.4 Å². The number of amides is 1. The van der Waals surface area contributed by atoms with Gasteiger partial charge in [0.05, 0.1) is 5.69 Å². The molecule has 0 aliphatic carbocycles. The van der Waals surface area contributed by atoms with E-state index in [0.717, 1.165) is 50.4 Å². The Balaban J connectivity index is 1.54. The molecule has 150 valence electrons. The van der Waals surface area contributed by atoms with Crippen LogP contribution < -0.4 is 0 Å². The molecule has 1 amide bonds. The van der Waals surface area contributed by atoms with E-state index < -0.39 is 0 Å². The van der Waals surface area contributed by atoms with Crippen molar-refractivity contribution in [2.24, 2.45) is 0 Å². The molecule has 2 aromatic rings. The van der Waals surface area contributed by atoms with E-state index in [-0.39, 0.29) is 11.8 Å². The summed E-state index contributed by atoms with van der Waals surface area (Å²) in [6, 6.07) is 0. The molecule has 0 saturated carbocycles. The normalized spacial score (nSPS) is 20.2. The van der Waals surface area contributed by atoms with Gasteiger partial charge in [0.15, 0.2) is 0 Å². The standard InChI is InChI=1S/C21H29N5O2/c1-4-16-19(18(5-2)28-24-16)21(27)26-9-6-7-14(13-26)20-22-11-15-12-25(3)10-8-17(15)23-20/h11,14H,4-10,12-13H2,1-3H3/t14-/m1/s1. The fraction of sp³-hybridized carbons (Fsp3) is 0.619. The predicted molar refractivity (Wildman–Crippen MR) is 105 cm³/mol. The molecular weight excluding hydrogens is 354 g/mol. The number of aryl methyl sites for hydroxylation is 2. The zero-order chi connectivity index (χ0) is 19.7. The van der Waals surface area contributed by atoms with E-state index >= 15 is 0 Å². The number of carbonyl (C=O) groups is 1. The summed E-state index contributed by atoms with van der Waals surface area (Å²) in [6.07, 6.45) is 6.31. The minimum atomic E-state index is 0.0410. The Morgan fingerprint density at radius 3 is 2.93 bits per heavy atom. The smallest absolute Gasteiger partial charge is 0.259 e. The summed E-state index contributed by atoms with van der Waals surface area (Å²) in [5.41, 5.74) is 3.83. The van der Waals surface area contributed by atoms with Crippen molar-refractivity contribution in [2.75, 3.05) is 26.7 Å². The molecule has 28 heavy (non-hydrogen) atoms. The first-order chi connectivity index (χ1) is 13.6. The second-order valence-electron chi connectivity index (χ2n) is 7.91. The van der Waals surface area contributed by atoms with Crippen molar-refractivity contribution >= 4 is 5.91 Å². The highest BCUT2D eigenvalue weighted by atomic mass is 16.5. The SMILES string of the molecule is CCc1noc(CC)c1C(=O)N1CCC[C@@H](c2ncc3c(n2)CCN(C)C3)C1. The number of hydrogen-bond acceptors (Lipinski definition) is 6. The predicted octanol–water partition coefficient (Wildman–Crippen LogP) is 2.60. The third kappa shape index (κ3) is 3.55. The fourth-order valence-corrected chi connectivity index (χ4v) is 4.29. The number of hydrogen-bond donors (Lipinski definition) is 0. The average molecular weight is 383 g/mol. The van der Waals surface area contributed by atoms with Crippen LogP contribution in [0.3, 0.4) is 0 Å². The van der Waals surface area contributed by atoms with Gasteiger partial charge in [-0.25, -0.2) is 9.97 Å². The highest BCUT2D eigenvalue weighted by Gasteiger charge is 2.31. The molecule has 1 saturated heterocycles. The molecule has 2 aromatic heterocycles. The molecule has 2 aliphatic rings. The Kier molecular flexibility index (Phi) is 5.44. The number of likely N-dealkylation sites (tertiary alicyclic amines) is 1. The van der Waals surface area contributed by atoms with Crippen LogP contribution in [0.15, 0.2) is 10.7 Å². The monoisotopic (exact) mass is 383 g/mol. The summed E-state index contributed by atoms with van der Waals surface area (Å²) in [5.74, 6) is 1.81. The Bertz CT molecular complexity index is 841. The molecule has 0 bridgehead atoms. The molecule has 0 radical (unpaired) electrons. The maximum Gasteiger partial charge on any atom is 0.259 e. The van der Waals surface area contributed by atoms with Gasteiger partial charge in [-0.2, -0.15) is 0 Å². The van der Waals surface area contributed by atoms with E-state index in [1.807, 2.05) is 24.9 Å². The molecule has 4 rings (SSSR count). The van der Waals surface area contributed by atoms with E-state index in [1.165, 1.54) is 11.3 Å². The third-order valence-corrected chi connectivity index (χ3v) is 5.92. The van der Waals surface area contributed by atoms with E-state index in [0.29, 0.717) is 30.7 Å². The molecule has 0 aromatic carbocycles. The van der Waals surface area contributed by atoms with Crippen LogP contribution in [0.4, 0.5) is 0 Å². The van der Waals surface area contributed by atoms with E-state index in [1.54, 1.807) is 0 Å². The molecule has 2 aliphatic heterocycles. The minimum Gasteiger partial charge on any atom is -0.360 e. The molecule has 1 atom stereocenters. The summed E-state index contributed by atoms with van der Waals surface area (Å²) in [7, 11) is 2.13. The van der Waals surface area contributed by atoms with Gasteiger partial charge in [-0.05, 0) is 26.3 Å². The van der Waals surface area contributed by atoms with Gasteiger partial charge >= 0.3 is 0 Å². The van der Waals surface area contributed by atoms with Gasteiger partial charge in [-0.1, -0.05) is 19.0 Å². The molecular formula is C21H29N5O2. The van der Waals surface area contributed by atoms with Crippen molar-refractivity contribution in [3.63, 3.8) is 0 Å². The third-order valence-electron chi connectivity index (χ3n) is 5.92. The summed E-state index contributed by atoms with van der Waals surface area (Å²) >= 11 is 0. The Morgan fingerprint density at radius 2 is 2.14 bits per heavy atom. The fourth-order valence-electron chi connectivity index (χ4n) is 4.29. The summed E-state index contributed by atoms with van der Waals surface area (Å²) < 4.78 is 5.40. The summed E-state index contributed by atoms with van der Waals surface area (Å²) in [6.45, 7) is 7.38. The van der Waals surface area contributed by atoms with Gasteiger partial charge in [-0.15, -0.1) is 0 Å². The zero-order valence-corrected chi connectivity index (χ0v) is 17.1. The first kappa shape index (κ1) is 19.1. The van der Waals surface area contributed by atoms with Crippen molar-refractivity contribution < 1.29 is 9.32 Å². The van der Waals surface area contributed by atoms with Crippen LogP contribution in [0.2, 0.25) is 0 Å². The molecule has 1 fully saturated rings. The lowest BCUT2D eigenvalue weighted by molar-refractivity contribution is 0.0701. The van der Waals surface area contributed by atoms with Crippen molar-refractivity contribution in [3.8, 4) is 0 Å². The van der Waals surface area contributed by atoms with Crippen LogP contribution in [0.5, 0.6) is 0 Å². The van der Waals surface area contributed by atoms with Crippen LogP contribution in [-0.4, -0.2) is 57.5 Å². The Hall–Kier alpha value is -2.28. The number of fused-ring (bicyclic) bond motifs is 1. The summed E-state index contributed by atoms with van der Waals surface area (Å²) in [4.78, 5) is 27.0. The molecule has 0 N–H and O–H groups in total. The largest absolute Gasteiger partial charge is 0.360 e. The van der Waals surface area contributed by atoms with Gasteiger partial charge in [-0.3, -0.25) is 4.79 Å². The van der Waals surface area contributed by atoms with E-state index in [9.17, 15) is 4.79 Å². The lowest BCUT2D eigenvalue weighted by Crippen LogP contribution is -2.40. The number of carbonyl (C=O) groups excluding carboxylic acids is 1. The van der Waals surface area contributed by atoms with Crippen molar-refractivity contribution in [1.29, 1.82) is 0 Å². The first-order valence-corrected chi connectivity index (χ1v) is 10.4. The second-order valence-corrected chi connectivity index (χ2v) is 7.91. The van der Waals surface area contributed by atoms with Crippen LogP contribution in [0, 0.1) is 0 Å². The van der Waals surface area contributed by atoms with Gasteiger partial charge in [0.2, 0.25) is 0 Å². The quantitative estimate of drug-likeness (QED) is 0.808. The number of aromatic nitrogens is 3. The molecule has 7 nitrogen and oxygen atoms in total. The van der Waals surface area contributed by atoms with Crippen LogP contribution in [0.25, 0.3) is 0 Å². The maximum atomic E-state index is 13.2. The minimum absolute atomic E-state index is 0.0410. The lowest BCUT2D eigenvalue weighted by Gasteiger charge is -2.32. The highest BCUT2D eigenvalue weighted by Crippen LogP contribution is 2.28. The Morgan fingerprint density at radius 1 is 1.29 bits per heavy atom. The van der Waals surface area contributed by atoms with Gasteiger partial charge in [0, 0.05) is 62.4 Å². The van der Waals surface area contributed by atoms with E-state index in [2.05, 4.69) is 22.1 Å². The van der Waals surface area contributed by atoms with E-state index in [4.69, 9.17) is 9.51 Å². The first-order valence-electron chi connectivity index (χ1n) is 10.4. The molecule has 4 heterocycles. The molecule has 0 unspecified atom stereocenters. The van der Waals surface area contributed by atoms with Gasteiger partial charge in [0.1, 0.15) is 17.1 Å². The average Bonchev–Trinajstić information content (AvgIpc) is 3.16. The molecule has 7 heteroatoms. The highest BCUT2D eigenvalue weighted by molar-refractivity contribution is 5.96. The number of piperidine rings is 1. The van der Waals surface area contributed by atoms with Crippen molar-refractivity contribution in [2.45, 2.75) is 58.4 Å². The number of nitrogens with zero attached hydrogens (tertiary/aromatic N) is 5. The summed E-state index contributed by atoms with van der Waals surface area (Å²) in [5, 5.41) is 4.10. The number of rotatable bonds is 4. The zero-order valence-electron chi connectivity index (χ0n) is 17.1. The maximum absolute atomic E-state index is 13.2. The van der Waals surface area contributed by atoms with Gasteiger partial charge < -0.3 is 14.3 Å². The van der Waals surface area contributed by atoms with Crippen LogP contribution in [0.1, 0.15) is 71.5 Å². The second kappa shape index (κ2) is 7.99.